The highest BCUT2D eigenvalue weighted by Crippen LogP contribution is 2.53. The van der Waals surface area contributed by atoms with Crippen molar-refractivity contribution in [1.82, 2.24) is 4.90 Å². The molecule has 1 aromatic carbocycles. The molecule has 1 aromatic rings. The Balaban J connectivity index is 1.70. The number of hydrogen-bond acceptors (Lipinski definition) is 4. The Labute approximate surface area is 135 Å². The Hall–Kier alpha value is -2.17. The van der Waals surface area contributed by atoms with E-state index in [1.807, 2.05) is 18.2 Å². The van der Waals surface area contributed by atoms with Gasteiger partial charge in [0.05, 0.1) is 5.92 Å². The van der Waals surface area contributed by atoms with E-state index < -0.39 is 11.7 Å². The van der Waals surface area contributed by atoms with Gasteiger partial charge in [-0.2, -0.15) is 0 Å². The van der Waals surface area contributed by atoms with Crippen LogP contribution in [0.1, 0.15) is 37.6 Å². The average molecular weight is 315 g/mol. The summed E-state index contributed by atoms with van der Waals surface area (Å²) >= 11 is 0. The van der Waals surface area contributed by atoms with Gasteiger partial charge in [-0.05, 0) is 33.1 Å². The quantitative estimate of drug-likeness (QED) is 0.787. The number of hydrogen-bond donors (Lipinski definition) is 0. The van der Waals surface area contributed by atoms with Crippen LogP contribution in [0.3, 0.4) is 0 Å². The maximum absolute atomic E-state index is 12.5. The number of amides is 2. The van der Waals surface area contributed by atoms with Gasteiger partial charge in [0.25, 0.3) is 0 Å². The van der Waals surface area contributed by atoms with Gasteiger partial charge in [-0.15, -0.1) is 0 Å². The van der Waals surface area contributed by atoms with Gasteiger partial charge in [-0.3, -0.25) is 9.59 Å². The molecule has 2 fully saturated rings. The summed E-state index contributed by atoms with van der Waals surface area (Å²) in [7, 11) is 0. The van der Waals surface area contributed by atoms with Crippen LogP contribution in [0.25, 0.3) is 0 Å². The minimum atomic E-state index is -0.642. The van der Waals surface area contributed by atoms with Crippen LogP contribution in [0.2, 0.25) is 0 Å². The molecule has 0 unspecified atom stereocenters. The second-order valence-corrected chi connectivity index (χ2v) is 7.20. The summed E-state index contributed by atoms with van der Waals surface area (Å²) < 4.78 is 5.28. The number of ketones is 1. The topological polar surface area (TPSA) is 63.7 Å². The summed E-state index contributed by atoms with van der Waals surface area (Å²) in [6.45, 7) is 5.62. The molecular weight excluding hydrogens is 294 g/mol. The maximum atomic E-state index is 12.5. The van der Waals surface area contributed by atoms with E-state index in [-0.39, 0.29) is 29.4 Å². The number of rotatable bonds is 2. The average Bonchev–Trinajstić information content (AvgIpc) is 3.21. The van der Waals surface area contributed by atoms with E-state index >= 15 is 0 Å². The van der Waals surface area contributed by atoms with Crippen LogP contribution in [0.5, 0.6) is 0 Å². The molecule has 2 amide bonds. The molecule has 0 spiro atoms. The van der Waals surface area contributed by atoms with Gasteiger partial charge in [0.2, 0.25) is 5.91 Å². The molecule has 5 nitrogen and oxygen atoms in total. The van der Waals surface area contributed by atoms with E-state index in [0.717, 1.165) is 4.90 Å². The van der Waals surface area contributed by atoms with Crippen molar-refractivity contribution in [2.45, 2.75) is 32.8 Å². The maximum Gasteiger partial charge on any atom is 0.417 e. The van der Waals surface area contributed by atoms with Crippen LogP contribution in [-0.2, 0) is 9.53 Å². The zero-order valence-electron chi connectivity index (χ0n) is 13.6. The van der Waals surface area contributed by atoms with E-state index in [9.17, 15) is 14.4 Å². The van der Waals surface area contributed by atoms with Gasteiger partial charge < -0.3 is 4.74 Å². The molecule has 5 heteroatoms. The first-order valence-electron chi connectivity index (χ1n) is 7.93. The molecule has 1 aliphatic heterocycles. The van der Waals surface area contributed by atoms with E-state index in [1.54, 1.807) is 32.9 Å². The molecule has 0 radical (unpaired) electrons. The van der Waals surface area contributed by atoms with Crippen molar-refractivity contribution in [3.63, 3.8) is 0 Å². The number of nitrogens with zero attached hydrogens (tertiary/aromatic N) is 1. The minimum absolute atomic E-state index is 0.0000104. The van der Waals surface area contributed by atoms with Crippen molar-refractivity contribution < 1.29 is 19.1 Å². The lowest BCUT2D eigenvalue weighted by Crippen LogP contribution is -2.44. The molecule has 3 atom stereocenters. The Morgan fingerprint density at radius 2 is 1.83 bits per heavy atom. The first kappa shape index (κ1) is 15.7. The Bertz CT molecular complexity index is 647. The second kappa shape index (κ2) is 5.48. The lowest BCUT2D eigenvalue weighted by Gasteiger charge is -2.28. The molecule has 3 rings (SSSR count). The van der Waals surface area contributed by atoms with Gasteiger partial charge >= 0.3 is 6.09 Å². The molecule has 1 saturated carbocycles. The fourth-order valence-corrected chi connectivity index (χ4v) is 3.29. The van der Waals surface area contributed by atoms with Gasteiger partial charge in [0, 0.05) is 18.0 Å². The number of fused-ring (bicyclic) bond motifs is 1. The van der Waals surface area contributed by atoms with Crippen molar-refractivity contribution in [2.24, 2.45) is 17.8 Å². The van der Waals surface area contributed by atoms with E-state index in [2.05, 4.69) is 0 Å². The summed E-state index contributed by atoms with van der Waals surface area (Å²) in [6, 6.07) is 9.01. The summed E-state index contributed by atoms with van der Waals surface area (Å²) in [6.07, 6.45) is 0.0533. The van der Waals surface area contributed by atoms with Crippen LogP contribution in [0, 0.1) is 17.8 Å². The molecule has 0 aromatic heterocycles. The second-order valence-electron chi connectivity index (χ2n) is 7.20. The number of likely N-dealkylation sites (tertiary alicyclic amines) is 1. The van der Waals surface area contributed by atoms with Crippen LogP contribution < -0.4 is 0 Å². The Morgan fingerprint density at radius 3 is 2.43 bits per heavy atom. The van der Waals surface area contributed by atoms with E-state index in [1.165, 1.54) is 0 Å². The van der Waals surface area contributed by atoms with Gasteiger partial charge in [-0.1, -0.05) is 30.3 Å². The molecule has 0 N–H and O–H groups in total. The first-order valence-corrected chi connectivity index (χ1v) is 7.93. The summed E-state index contributed by atoms with van der Waals surface area (Å²) in [5, 5.41) is 0. The number of ether oxygens (including phenoxy) is 1. The lowest BCUT2D eigenvalue weighted by molar-refractivity contribution is -0.133. The van der Waals surface area contributed by atoms with Crippen molar-refractivity contribution in [3.05, 3.63) is 35.9 Å². The molecule has 122 valence electrons. The number of Topliss-reactive ketones (excluding diaryl/α,β-unsaturated/α-hetero) is 1. The molecular formula is C18H21NO4. The molecule has 2 aliphatic rings. The van der Waals surface area contributed by atoms with Crippen LogP contribution >= 0.6 is 0 Å². The van der Waals surface area contributed by atoms with Crippen molar-refractivity contribution in [2.75, 3.05) is 6.54 Å². The Kier molecular flexibility index (Phi) is 3.74. The predicted octanol–water partition coefficient (Wildman–Crippen LogP) is 2.90. The first-order chi connectivity index (χ1) is 10.8. The summed E-state index contributed by atoms with van der Waals surface area (Å²) in [5.41, 5.74) is -0.0136. The number of piperidine rings is 1. The third-order valence-electron chi connectivity index (χ3n) is 4.38. The third-order valence-corrected chi connectivity index (χ3v) is 4.38. The van der Waals surface area contributed by atoms with Crippen molar-refractivity contribution in [1.29, 1.82) is 0 Å². The zero-order chi connectivity index (χ0) is 16.8. The van der Waals surface area contributed by atoms with Crippen molar-refractivity contribution in [3.8, 4) is 0 Å². The normalized spacial score (nSPS) is 26.5. The van der Waals surface area contributed by atoms with E-state index in [4.69, 9.17) is 4.74 Å². The summed E-state index contributed by atoms with van der Waals surface area (Å²) in [4.78, 5) is 38.3. The third kappa shape index (κ3) is 3.00. The monoisotopic (exact) mass is 315 g/mol. The summed E-state index contributed by atoms with van der Waals surface area (Å²) in [5.74, 6) is -0.875. The number of carbonyl (C=O) groups is 3. The predicted molar refractivity (Wildman–Crippen MR) is 83.8 cm³/mol. The fourth-order valence-electron chi connectivity index (χ4n) is 3.29. The molecule has 1 aliphatic carbocycles. The molecule has 1 heterocycles. The molecule has 0 bridgehead atoms. The van der Waals surface area contributed by atoms with Crippen LogP contribution in [-0.4, -0.2) is 34.8 Å². The minimum Gasteiger partial charge on any atom is -0.443 e. The lowest BCUT2D eigenvalue weighted by atomic mass is 10.1. The molecule has 23 heavy (non-hydrogen) atoms. The van der Waals surface area contributed by atoms with Gasteiger partial charge in [0.15, 0.2) is 5.78 Å². The standard InChI is InChI=1S/C18H21NO4/c1-18(2,3)23-17(22)19-10-9-12-13(14(12)16(19)21)15(20)11-7-5-4-6-8-11/h4-8,12-14H,9-10H2,1-3H3/t12-,13-,14-/m1/s1. The SMILES string of the molecule is CC(C)(C)OC(=O)N1CC[C@@H]2[C@@H](C(=O)c3ccccc3)[C@@H]2C1=O. The number of benzene rings is 1. The smallest absolute Gasteiger partial charge is 0.417 e. The number of carbonyl (C=O) groups excluding carboxylic acids is 3. The van der Waals surface area contributed by atoms with Crippen molar-refractivity contribution >= 4 is 17.8 Å². The molecule has 1 saturated heterocycles. The number of imide groups is 1. The van der Waals surface area contributed by atoms with E-state index in [0.29, 0.717) is 18.5 Å². The van der Waals surface area contributed by atoms with Crippen LogP contribution in [0.15, 0.2) is 30.3 Å². The highest BCUT2D eigenvalue weighted by molar-refractivity contribution is 6.06. The van der Waals surface area contributed by atoms with Crippen LogP contribution in [0.4, 0.5) is 4.79 Å². The van der Waals surface area contributed by atoms with Gasteiger partial charge in [-0.25, -0.2) is 9.69 Å². The zero-order valence-corrected chi connectivity index (χ0v) is 13.6. The highest BCUT2D eigenvalue weighted by Gasteiger charge is 2.62. The highest BCUT2D eigenvalue weighted by atomic mass is 16.6. The van der Waals surface area contributed by atoms with Gasteiger partial charge in [0.1, 0.15) is 5.60 Å². The Morgan fingerprint density at radius 1 is 1.17 bits per heavy atom. The largest absolute Gasteiger partial charge is 0.443 e. The fraction of sp³-hybridized carbons (Fsp3) is 0.500.